The number of rotatable bonds is 6. The lowest BCUT2D eigenvalue weighted by molar-refractivity contribution is -0.139. The third kappa shape index (κ3) is 5.49. The van der Waals surface area contributed by atoms with Gasteiger partial charge in [-0.3, -0.25) is 4.79 Å². The number of ether oxygens (including phenoxy) is 1. The molecular weight excluding hydrogens is 337 g/mol. The van der Waals surface area contributed by atoms with Crippen LogP contribution in [0.5, 0.6) is 5.75 Å². The van der Waals surface area contributed by atoms with Crippen molar-refractivity contribution < 1.29 is 32.6 Å². The van der Waals surface area contributed by atoms with E-state index in [2.05, 4.69) is 0 Å². The third-order valence-corrected chi connectivity index (χ3v) is 3.12. The lowest BCUT2D eigenvalue weighted by Gasteiger charge is -2.06. The van der Waals surface area contributed by atoms with Gasteiger partial charge in [0.25, 0.3) is 0 Å². The Balaban J connectivity index is 2.13. The molecule has 2 aromatic rings. The summed E-state index contributed by atoms with van der Waals surface area (Å²) in [5, 5.41) is 8.56. The first kappa shape index (κ1) is 18.3. The molecule has 0 aliphatic rings. The third-order valence-electron chi connectivity index (χ3n) is 3.12. The maximum atomic E-state index is 12.7. The zero-order chi connectivity index (χ0) is 18.4. The van der Waals surface area contributed by atoms with Crippen LogP contribution in [0.25, 0.3) is 6.08 Å². The van der Waals surface area contributed by atoms with Crippen LogP contribution in [0.15, 0.2) is 54.6 Å². The van der Waals surface area contributed by atoms with Crippen molar-refractivity contribution in [1.82, 2.24) is 0 Å². The Kier molecular flexibility index (Phi) is 5.59. The number of hydrogen-bond donors (Lipinski definition) is 1. The van der Waals surface area contributed by atoms with E-state index in [0.29, 0.717) is 0 Å². The van der Waals surface area contributed by atoms with Gasteiger partial charge in [-0.15, -0.1) is 0 Å². The van der Waals surface area contributed by atoms with Gasteiger partial charge in [-0.25, -0.2) is 4.79 Å². The van der Waals surface area contributed by atoms with Crippen molar-refractivity contribution in [2.75, 3.05) is 6.61 Å². The molecule has 2 aromatic carbocycles. The largest absolute Gasteiger partial charge is 0.482 e. The fourth-order valence-electron chi connectivity index (χ4n) is 1.97. The van der Waals surface area contributed by atoms with E-state index in [1.165, 1.54) is 42.5 Å². The summed E-state index contributed by atoms with van der Waals surface area (Å²) in [6.07, 6.45) is -2.03. The lowest BCUT2D eigenvalue weighted by atomic mass is 10.1. The van der Waals surface area contributed by atoms with Crippen molar-refractivity contribution in [3.63, 3.8) is 0 Å². The number of allylic oxidation sites excluding steroid dienone is 1. The van der Waals surface area contributed by atoms with Gasteiger partial charge in [0.1, 0.15) is 5.75 Å². The van der Waals surface area contributed by atoms with Crippen LogP contribution in [0.4, 0.5) is 13.2 Å². The number of carbonyl (C=O) groups excluding carboxylic acids is 1. The molecule has 0 fully saturated rings. The average molecular weight is 350 g/mol. The number of ketones is 1. The normalized spacial score (nSPS) is 11.5. The van der Waals surface area contributed by atoms with Crippen LogP contribution in [0.2, 0.25) is 0 Å². The Morgan fingerprint density at radius 2 is 1.80 bits per heavy atom. The quantitative estimate of drug-likeness (QED) is 0.630. The smallest absolute Gasteiger partial charge is 0.416 e. The summed E-state index contributed by atoms with van der Waals surface area (Å²) < 4.78 is 42.9. The second-order valence-corrected chi connectivity index (χ2v) is 5.03. The number of halogens is 3. The van der Waals surface area contributed by atoms with Gasteiger partial charge >= 0.3 is 12.1 Å². The van der Waals surface area contributed by atoms with Crippen molar-refractivity contribution in [3.8, 4) is 5.75 Å². The number of carbonyl (C=O) groups is 2. The summed E-state index contributed by atoms with van der Waals surface area (Å²) in [7, 11) is 0. The second kappa shape index (κ2) is 7.65. The highest BCUT2D eigenvalue weighted by molar-refractivity contribution is 6.07. The number of carboxylic acid groups (broad SMARTS) is 1. The Labute approximate surface area is 141 Å². The van der Waals surface area contributed by atoms with Gasteiger partial charge in [0.15, 0.2) is 12.4 Å². The monoisotopic (exact) mass is 350 g/mol. The highest BCUT2D eigenvalue weighted by atomic mass is 19.4. The SMILES string of the molecule is O=C(O)COc1cccc(C(=O)/C=C/c2cccc(C(F)(F)F)c2)c1. The fourth-order valence-corrected chi connectivity index (χ4v) is 1.97. The predicted molar refractivity (Wildman–Crippen MR) is 84.4 cm³/mol. The van der Waals surface area contributed by atoms with Crippen molar-refractivity contribution >= 4 is 17.8 Å². The maximum Gasteiger partial charge on any atom is 0.416 e. The van der Waals surface area contributed by atoms with Gasteiger partial charge in [0, 0.05) is 5.56 Å². The molecular formula is C18H13F3O4. The molecule has 4 nitrogen and oxygen atoms in total. The topological polar surface area (TPSA) is 63.6 Å². The molecule has 0 saturated carbocycles. The number of benzene rings is 2. The van der Waals surface area contributed by atoms with Crippen molar-refractivity contribution in [3.05, 3.63) is 71.3 Å². The van der Waals surface area contributed by atoms with Gasteiger partial charge in [-0.1, -0.05) is 30.3 Å². The first-order chi connectivity index (χ1) is 11.8. The molecule has 1 N–H and O–H groups in total. The van der Waals surface area contributed by atoms with E-state index < -0.39 is 30.1 Å². The second-order valence-electron chi connectivity index (χ2n) is 5.03. The number of hydrogen-bond acceptors (Lipinski definition) is 3. The number of aliphatic carboxylic acids is 1. The highest BCUT2D eigenvalue weighted by Crippen LogP contribution is 2.29. The van der Waals surface area contributed by atoms with Gasteiger partial charge < -0.3 is 9.84 Å². The van der Waals surface area contributed by atoms with Gasteiger partial charge in [0.2, 0.25) is 0 Å². The molecule has 0 unspecified atom stereocenters. The molecule has 0 radical (unpaired) electrons. The van der Waals surface area contributed by atoms with Crippen LogP contribution >= 0.6 is 0 Å². The summed E-state index contributed by atoms with van der Waals surface area (Å²) in [4.78, 5) is 22.6. The van der Waals surface area contributed by atoms with E-state index in [4.69, 9.17) is 9.84 Å². The molecule has 0 heterocycles. The summed E-state index contributed by atoms with van der Waals surface area (Å²) in [5.74, 6) is -1.39. The summed E-state index contributed by atoms with van der Waals surface area (Å²) in [6.45, 7) is -0.544. The van der Waals surface area contributed by atoms with Gasteiger partial charge in [-0.05, 0) is 35.9 Å². The molecule has 0 aliphatic heterocycles. The minimum absolute atomic E-state index is 0.209. The van der Waals surface area contributed by atoms with Crippen LogP contribution in [-0.2, 0) is 11.0 Å². The molecule has 130 valence electrons. The summed E-state index contributed by atoms with van der Waals surface area (Å²) in [5.41, 5.74) is -0.335. The lowest BCUT2D eigenvalue weighted by Crippen LogP contribution is -2.09. The molecule has 25 heavy (non-hydrogen) atoms. The molecule has 0 atom stereocenters. The minimum atomic E-state index is -4.45. The Bertz CT molecular complexity index is 810. The van der Waals surface area contributed by atoms with Gasteiger partial charge in [0.05, 0.1) is 5.56 Å². The van der Waals surface area contributed by atoms with Crippen LogP contribution < -0.4 is 4.74 Å². The van der Waals surface area contributed by atoms with Crippen molar-refractivity contribution in [1.29, 1.82) is 0 Å². The number of alkyl halides is 3. The van der Waals surface area contributed by atoms with Gasteiger partial charge in [-0.2, -0.15) is 13.2 Å². The van der Waals surface area contributed by atoms with E-state index in [-0.39, 0.29) is 16.9 Å². The number of carboxylic acids is 1. The van der Waals surface area contributed by atoms with Crippen molar-refractivity contribution in [2.24, 2.45) is 0 Å². The molecule has 0 spiro atoms. The minimum Gasteiger partial charge on any atom is -0.482 e. The molecule has 0 bridgehead atoms. The maximum absolute atomic E-state index is 12.7. The summed E-state index contributed by atoms with van der Waals surface area (Å²) >= 11 is 0. The molecule has 0 amide bonds. The zero-order valence-corrected chi connectivity index (χ0v) is 12.8. The van der Waals surface area contributed by atoms with Crippen LogP contribution in [-0.4, -0.2) is 23.5 Å². The molecule has 0 aromatic heterocycles. The Hall–Kier alpha value is -3.09. The van der Waals surface area contributed by atoms with Crippen LogP contribution in [0.3, 0.4) is 0 Å². The Morgan fingerprint density at radius 1 is 1.08 bits per heavy atom. The Morgan fingerprint density at radius 3 is 2.48 bits per heavy atom. The van der Waals surface area contributed by atoms with Crippen LogP contribution in [0.1, 0.15) is 21.5 Å². The zero-order valence-electron chi connectivity index (χ0n) is 12.8. The van der Waals surface area contributed by atoms with Crippen molar-refractivity contribution in [2.45, 2.75) is 6.18 Å². The van der Waals surface area contributed by atoms with E-state index in [0.717, 1.165) is 18.2 Å². The molecule has 0 saturated heterocycles. The highest BCUT2D eigenvalue weighted by Gasteiger charge is 2.30. The standard InChI is InChI=1S/C18H13F3O4/c19-18(20,21)14-5-1-3-12(9-14)7-8-16(22)13-4-2-6-15(10-13)25-11-17(23)24/h1-10H,11H2,(H,23,24)/b8-7+. The first-order valence-electron chi connectivity index (χ1n) is 7.10. The first-order valence-corrected chi connectivity index (χ1v) is 7.10. The molecule has 0 aliphatic carbocycles. The van der Waals surface area contributed by atoms with E-state index >= 15 is 0 Å². The predicted octanol–water partition coefficient (Wildman–Crippen LogP) is 4.06. The van der Waals surface area contributed by atoms with E-state index in [1.807, 2.05) is 0 Å². The summed E-state index contributed by atoms with van der Waals surface area (Å²) in [6, 6.07) is 10.5. The molecule has 2 rings (SSSR count). The molecule has 7 heteroatoms. The van der Waals surface area contributed by atoms with E-state index in [9.17, 15) is 22.8 Å². The van der Waals surface area contributed by atoms with Crippen LogP contribution in [0, 0.1) is 0 Å². The average Bonchev–Trinajstić information content (AvgIpc) is 2.57. The van der Waals surface area contributed by atoms with E-state index in [1.54, 1.807) is 0 Å². The fraction of sp³-hybridized carbons (Fsp3) is 0.111.